The van der Waals surface area contributed by atoms with E-state index in [1.165, 1.54) is 53.5 Å². The Bertz CT molecular complexity index is 1700. The zero-order valence-electron chi connectivity index (χ0n) is 19.0. The maximum Gasteiger partial charge on any atom is 0.166 e. The van der Waals surface area contributed by atoms with Gasteiger partial charge in [-0.1, -0.05) is 11.6 Å². The third-order valence-corrected chi connectivity index (χ3v) is 5.97. The molecule has 38 heavy (non-hydrogen) atoms. The molecular formula is C26H16ClF3N4O4. The van der Waals surface area contributed by atoms with Gasteiger partial charge >= 0.3 is 0 Å². The first-order valence-corrected chi connectivity index (χ1v) is 11.2. The number of aromatic nitrogens is 4. The van der Waals surface area contributed by atoms with E-state index in [1.54, 1.807) is 0 Å². The minimum Gasteiger partial charge on any atom is -0.507 e. The van der Waals surface area contributed by atoms with E-state index >= 15 is 0 Å². The lowest BCUT2D eigenvalue weighted by molar-refractivity contribution is 0.432. The highest BCUT2D eigenvalue weighted by Crippen LogP contribution is 2.33. The molecule has 2 heterocycles. The molecule has 0 aliphatic rings. The van der Waals surface area contributed by atoms with Crippen LogP contribution in [0.4, 0.5) is 13.2 Å². The number of aromatic hydroxyl groups is 4. The maximum atomic E-state index is 13.8. The van der Waals surface area contributed by atoms with E-state index in [2.05, 4.69) is 10.2 Å². The van der Waals surface area contributed by atoms with E-state index in [9.17, 15) is 28.5 Å². The number of hydrogen-bond donors (Lipinski definition) is 4. The van der Waals surface area contributed by atoms with Crippen LogP contribution in [0.2, 0.25) is 5.02 Å². The molecule has 0 amide bonds. The molecule has 12 heteroatoms. The molecule has 4 N–H and O–H groups in total. The number of rotatable bonds is 2. The van der Waals surface area contributed by atoms with Crippen molar-refractivity contribution >= 4 is 33.4 Å². The van der Waals surface area contributed by atoms with Gasteiger partial charge in [-0.05, 0) is 48.5 Å². The van der Waals surface area contributed by atoms with Gasteiger partial charge in [0.05, 0.1) is 45.1 Å². The molecule has 6 rings (SSSR count). The van der Waals surface area contributed by atoms with Crippen LogP contribution in [0.25, 0.3) is 33.2 Å². The molecule has 6 aromatic rings. The van der Waals surface area contributed by atoms with Crippen LogP contribution in [0.3, 0.4) is 0 Å². The Morgan fingerprint density at radius 3 is 1.53 bits per heavy atom. The Balaban J connectivity index is 0.000000155. The van der Waals surface area contributed by atoms with Gasteiger partial charge in [0.2, 0.25) is 0 Å². The summed E-state index contributed by atoms with van der Waals surface area (Å²) in [7, 11) is 0. The maximum absolute atomic E-state index is 13.8. The van der Waals surface area contributed by atoms with Crippen molar-refractivity contribution in [3.63, 3.8) is 0 Å². The van der Waals surface area contributed by atoms with Crippen molar-refractivity contribution in [2.45, 2.75) is 0 Å². The van der Waals surface area contributed by atoms with E-state index in [0.717, 1.165) is 28.9 Å². The Kier molecular flexibility index (Phi) is 6.21. The van der Waals surface area contributed by atoms with Crippen molar-refractivity contribution in [1.82, 2.24) is 19.6 Å². The number of phenols is 4. The molecule has 0 saturated carbocycles. The normalized spacial score (nSPS) is 11.1. The summed E-state index contributed by atoms with van der Waals surface area (Å²) >= 11 is 6.08. The third-order valence-electron chi connectivity index (χ3n) is 5.67. The van der Waals surface area contributed by atoms with Gasteiger partial charge in [0.1, 0.15) is 22.8 Å². The predicted molar refractivity (Wildman–Crippen MR) is 134 cm³/mol. The van der Waals surface area contributed by atoms with Gasteiger partial charge in [-0.15, -0.1) is 0 Å². The van der Waals surface area contributed by atoms with Gasteiger partial charge in [-0.2, -0.15) is 10.2 Å². The molecule has 192 valence electrons. The molecule has 4 aromatic carbocycles. The molecular weight excluding hydrogens is 525 g/mol. The molecule has 0 radical (unpaired) electrons. The van der Waals surface area contributed by atoms with Gasteiger partial charge in [-0.3, -0.25) is 0 Å². The van der Waals surface area contributed by atoms with Gasteiger partial charge in [-0.25, -0.2) is 22.5 Å². The second-order valence-electron chi connectivity index (χ2n) is 8.04. The van der Waals surface area contributed by atoms with E-state index in [4.69, 9.17) is 16.7 Å². The summed E-state index contributed by atoms with van der Waals surface area (Å²) in [6.07, 6.45) is 2.74. The van der Waals surface area contributed by atoms with Crippen LogP contribution in [-0.2, 0) is 0 Å². The summed E-state index contributed by atoms with van der Waals surface area (Å²) in [4.78, 5) is 0. The van der Waals surface area contributed by atoms with E-state index in [1.807, 2.05) is 0 Å². The minimum absolute atomic E-state index is 0.0462. The number of phenolic OH excluding ortho intramolecular Hbond substituents is 4. The molecule has 0 fully saturated rings. The zero-order valence-corrected chi connectivity index (χ0v) is 19.8. The van der Waals surface area contributed by atoms with E-state index in [0.29, 0.717) is 21.6 Å². The third kappa shape index (κ3) is 4.28. The van der Waals surface area contributed by atoms with Crippen molar-refractivity contribution in [3.05, 3.63) is 95.5 Å². The molecule has 0 bridgehead atoms. The first kappa shape index (κ1) is 24.8. The fourth-order valence-electron chi connectivity index (χ4n) is 3.82. The van der Waals surface area contributed by atoms with Crippen LogP contribution >= 0.6 is 11.6 Å². The molecule has 0 saturated heterocycles. The molecule has 0 unspecified atom stereocenters. The monoisotopic (exact) mass is 540 g/mol. The fourth-order valence-corrected chi connectivity index (χ4v) is 4.06. The summed E-state index contributed by atoms with van der Waals surface area (Å²) in [5, 5.41) is 46.8. The highest BCUT2D eigenvalue weighted by Gasteiger charge is 2.15. The molecule has 0 spiro atoms. The number of nitrogens with zero attached hydrogens (tertiary/aromatic N) is 4. The first-order chi connectivity index (χ1) is 18.2. The van der Waals surface area contributed by atoms with Crippen LogP contribution in [0.1, 0.15) is 0 Å². The van der Waals surface area contributed by atoms with E-state index in [-0.39, 0.29) is 28.1 Å². The van der Waals surface area contributed by atoms with Crippen LogP contribution < -0.4 is 0 Å². The summed E-state index contributed by atoms with van der Waals surface area (Å²) in [6.45, 7) is 0. The summed E-state index contributed by atoms with van der Waals surface area (Å²) in [5.41, 5.74) is 1.17. The number of benzene rings is 4. The summed E-state index contributed by atoms with van der Waals surface area (Å²) in [6, 6.07) is 12.8. The van der Waals surface area contributed by atoms with Crippen LogP contribution in [0, 0.1) is 17.5 Å². The predicted octanol–water partition coefficient (Wildman–Crippen LogP) is 5.94. The van der Waals surface area contributed by atoms with Crippen LogP contribution in [0.5, 0.6) is 23.0 Å². The quantitative estimate of drug-likeness (QED) is 0.216. The average Bonchev–Trinajstić information content (AvgIpc) is 3.55. The SMILES string of the molecule is Oc1ccc(-n2ncc3c(O)ccc(Cl)c32)cc1F.Oc1ccc(-n2ncc3c(O)ccc(F)c32)cc1F. The second-order valence-corrected chi connectivity index (χ2v) is 8.45. The van der Waals surface area contributed by atoms with Crippen molar-refractivity contribution in [2.24, 2.45) is 0 Å². The molecule has 0 aliphatic carbocycles. The number of fused-ring (bicyclic) bond motifs is 2. The van der Waals surface area contributed by atoms with Crippen molar-refractivity contribution in [2.75, 3.05) is 0 Å². The lowest BCUT2D eigenvalue weighted by Gasteiger charge is -2.06. The summed E-state index contributed by atoms with van der Waals surface area (Å²) in [5.74, 6) is -3.16. The summed E-state index contributed by atoms with van der Waals surface area (Å²) < 4.78 is 43.1. The van der Waals surface area contributed by atoms with E-state index < -0.39 is 29.0 Å². The van der Waals surface area contributed by atoms with Gasteiger partial charge in [0.25, 0.3) is 0 Å². The lowest BCUT2D eigenvalue weighted by Crippen LogP contribution is -1.98. The van der Waals surface area contributed by atoms with Crippen LogP contribution in [0.15, 0.2) is 73.1 Å². The number of halogens is 4. The topological polar surface area (TPSA) is 117 Å². The van der Waals surface area contributed by atoms with Gasteiger partial charge in [0, 0.05) is 12.1 Å². The highest BCUT2D eigenvalue weighted by atomic mass is 35.5. The number of hydrogen-bond acceptors (Lipinski definition) is 6. The molecule has 2 aromatic heterocycles. The van der Waals surface area contributed by atoms with Gasteiger partial charge < -0.3 is 20.4 Å². The Labute approximate surface area is 216 Å². The smallest absolute Gasteiger partial charge is 0.166 e. The largest absolute Gasteiger partial charge is 0.507 e. The standard InChI is InChI=1S/C13H8ClFN2O2.C13H8F2N2O2/c2*14-9-2-4-11(18)8-6-16-17(13(8)9)7-1-3-12(19)10(15)5-7/h2*1-6,18-19H. The highest BCUT2D eigenvalue weighted by molar-refractivity contribution is 6.35. The molecule has 0 aliphatic heterocycles. The first-order valence-electron chi connectivity index (χ1n) is 10.8. The second kappa shape index (κ2) is 9.52. The Hall–Kier alpha value is -4.90. The van der Waals surface area contributed by atoms with Crippen molar-refractivity contribution in [1.29, 1.82) is 0 Å². The minimum atomic E-state index is -0.832. The zero-order chi connectivity index (χ0) is 27.1. The molecule has 0 atom stereocenters. The van der Waals surface area contributed by atoms with Crippen molar-refractivity contribution < 1.29 is 33.6 Å². The Morgan fingerprint density at radius 2 is 1.00 bits per heavy atom. The van der Waals surface area contributed by atoms with Crippen molar-refractivity contribution in [3.8, 4) is 34.4 Å². The van der Waals surface area contributed by atoms with Crippen LogP contribution in [-0.4, -0.2) is 40.0 Å². The fraction of sp³-hybridized carbons (Fsp3) is 0. The Morgan fingerprint density at radius 1 is 0.553 bits per heavy atom. The average molecular weight is 541 g/mol. The van der Waals surface area contributed by atoms with Gasteiger partial charge in [0.15, 0.2) is 23.1 Å². The molecule has 8 nitrogen and oxygen atoms in total. The lowest BCUT2D eigenvalue weighted by atomic mass is 10.2.